The number of aryl methyl sites for hydroxylation is 2. The van der Waals surface area contributed by atoms with Gasteiger partial charge >= 0.3 is 0 Å². The summed E-state index contributed by atoms with van der Waals surface area (Å²) in [7, 11) is 1.87. The van der Waals surface area contributed by atoms with Gasteiger partial charge in [0, 0.05) is 13.6 Å². The number of hydrogen-bond donors (Lipinski definition) is 1. The fourth-order valence-corrected chi connectivity index (χ4v) is 3.00. The van der Waals surface area contributed by atoms with E-state index in [1.54, 1.807) is 4.68 Å². The molecule has 0 unspecified atom stereocenters. The summed E-state index contributed by atoms with van der Waals surface area (Å²) in [4.78, 5) is 25.4. The number of aromatic nitrogens is 2. The van der Waals surface area contributed by atoms with E-state index in [4.69, 9.17) is 0 Å². The van der Waals surface area contributed by atoms with Crippen LogP contribution >= 0.6 is 15.9 Å². The van der Waals surface area contributed by atoms with E-state index in [1.807, 2.05) is 32.7 Å². The Morgan fingerprint density at radius 1 is 1.40 bits per heavy atom. The fourth-order valence-electron chi connectivity index (χ4n) is 2.26. The van der Waals surface area contributed by atoms with E-state index in [1.165, 1.54) is 0 Å². The zero-order chi connectivity index (χ0) is 15.1. The molecule has 0 aliphatic carbocycles. The minimum atomic E-state index is -0.718. The van der Waals surface area contributed by atoms with Gasteiger partial charge in [0.2, 0.25) is 11.8 Å². The number of rotatable bonds is 3. The van der Waals surface area contributed by atoms with Crippen molar-refractivity contribution in [2.75, 3.05) is 6.54 Å². The first-order valence-corrected chi connectivity index (χ1v) is 7.36. The first-order valence-electron chi connectivity index (χ1n) is 6.57. The molecule has 1 fully saturated rings. The predicted octanol–water partition coefficient (Wildman–Crippen LogP) is 0.982. The number of piperazine rings is 1. The van der Waals surface area contributed by atoms with E-state index in [0.717, 1.165) is 22.3 Å². The third-order valence-electron chi connectivity index (χ3n) is 3.78. The highest BCUT2D eigenvalue weighted by Gasteiger charge is 2.41. The molecule has 1 saturated heterocycles. The lowest BCUT2D eigenvalue weighted by molar-refractivity contribution is -0.145. The summed E-state index contributed by atoms with van der Waals surface area (Å²) >= 11 is 3.56. The molecule has 2 heterocycles. The summed E-state index contributed by atoms with van der Waals surface area (Å²) in [6.45, 7) is 6.38. The highest BCUT2D eigenvalue weighted by Crippen LogP contribution is 2.27. The summed E-state index contributed by atoms with van der Waals surface area (Å²) in [5.74, 6) is -0.522. The van der Waals surface area contributed by atoms with Crippen molar-refractivity contribution >= 4 is 27.7 Å². The molecular weight excluding hydrogens is 324 g/mol. The van der Waals surface area contributed by atoms with E-state index < -0.39 is 5.54 Å². The Morgan fingerprint density at radius 3 is 2.60 bits per heavy atom. The molecule has 0 bridgehead atoms. The van der Waals surface area contributed by atoms with Gasteiger partial charge in [-0.1, -0.05) is 6.92 Å². The van der Waals surface area contributed by atoms with Gasteiger partial charge in [0.05, 0.1) is 27.9 Å². The third-order valence-corrected chi connectivity index (χ3v) is 4.69. The summed E-state index contributed by atoms with van der Waals surface area (Å²) in [6.07, 6.45) is 0.831. The van der Waals surface area contributed by atoms with Crippen molar-refractivity contribution in [2.45, 2.75) is 39.3 Å². The topological polar surface area (TPSA) is 67.2 Å². The fraction of sp³-hybridized carbons (Fsp3) is 0.615. The van der Waals surface area contributed by atoms with Crippen molar-refractivity contribution in [1.82, 2.24) is 20.0 Å². The second-order valence-electron chi connectivity index (χ2n) is 5.48. The summed E-state index contributed by atoms with van der Waals surface area (Å²) in [6, 6.07) is 0. The summed E-state index contributed by atoms with van der Waals surface area (Å²) in [5, 5.41) is 6.81. The molecule has 110 valence electrons. The first-order chi connectivity index (χ1) is 9.27. The van der Waals surface area contributed by atoms with Crippen LogP contribution in [0.5, 0.6) is 0 Å². The third kappa shape index (κ3) is 2.52. The van der Waals surface area contributed by atoms with Gasteiger partial charge in [-0.2, -0.15) is 5.10 Å². The van der Waals surface area contributed by atoms with Gasteiger partial charge < -0.3 is 0 Å². The van der Waals surface area contributed by atoms with Gasteiger partial charge in [-0.25, -0.2) is 0 Å². The monoisotopic (exact) mass is 342 g/mol. The van der Waals surface area contributed by atoms with Crippen LogP contribution in [-0.2, 0) is 29.6 Å². The van der Waals surface area contributed by atoms with Crippen LogP contribution in [-0.4, -0.2) is 38.6 Å². The molecule has 6 nitrogen and oxygen atoms in total. The Labute approximate surface area is 126 Å². The molecule has 0 atom stereocenters. The van der Waals surface area contributed by atoms with Crippen molar-refractivity contribution in [3.05, 3.63) is 15.9 Å². The van der Waals surface area contributed by atoms with Gasteiger partial charge in [0.25, 0.3) is 0 Å². The molecule has 2 rings (SSSR count). The normalized spacial score (nSPS) is 19.2. The number of nitrogens with one attached hydrogen (secondary N) is 1. The smallest absolute Gasteiger partial charge is 0.246 e. The highest BCUT2D eigenvalue weighted by molar-refractivity contribution is 9.10. The maximum atomic E-state index is 12.0. The van der Waals surface area contributed by atoms with Crippen LogP contribution in [0.15, 0.2) is 4.47 Å². The van der Waals surface area contributed by atoms with Crippen LogP contribution in [0.2, 0.25) is 0 Å². The average molecular weight is 343 g/mol. The van der Waals surface area contributed by atoms with Crippen molar-refractivity contribution in [3.8, 4) is 0 Å². The number of imide groups is 1. The lowest BCUT2D eigenvalue weighted by Crippen LogP contribution is -2.63. The first kappa shape index (κ1) is 15.2. The Kier molecular flexibility index (Phi) is 4.02. The van der Waals surface area contributed by atoms with Gasteiger partial charge in [-0.3, -0.25) is 24.5 Å². The molecule has 2 amide bonds. The number of carbonyl (C=O) groups is 2. The van der Waals surface area contributed by atoms with Gasteiger partial charge in [0.15, 0.2) is 0 Å². The molecule has 1 aromatic heterocycles. The lowest BCUT2D eigenvalue weighted by Gasteiger charge is -2.40. The van der Waals surface area contributed by atoms with E-state index in [2.05, 4.69) is 26.3 Å². The largest absolute Gasteiger partial charge is 0.294 e. The predicted molar refractivity (Wildman–Crippen MR) is 77.9 cm³/mol. The lowest BCUT2D eigenvalue weighted by atomic mass is 9.98. The van der Waals surface area contributed by atoms with E-state index in [-0.39, 0.29) is 18.4 Å². The second kappa shape index (κ2) is 5.29. The van der Waals surface area contributed by atoms with Crippen molar-refractivity contribution < 1.29 is 9.59 Å². The zero-order valence-corrected chi connectivity index (χ0v) is 13.7. The summed E-state index contributed by atoms with van der Waals surface area (Å²) < 4.78 is 2.76. The van der Waals surface area contributed by atoms with Crippen LogP contribution in [0.1, 0.15) is 32.2 Å². The quantitative estimate of drug-likeness (QED) is 0.831. The van der Waals surface area contributed by atoms with Crippen molar-refractivity contribution in [1.29, 1.82) is 0 Å². The number of nitrogens with zero attached hydrogens (tertiary/aromatic N) is 3. The van der Waals surface area contributed by atoms with Gasteiger partial charge in [0.1, 0.15) is 0 Å². The van der Waals surface area contributed by atoms with E-state index in [9.17, 15) is 9.59 Å². The highest BCUT2D eigenvalue weighted by atomic mass is 79.9. The second-order valence-corrected chi connectivity index (χ2v) is 6.27. The maximum Gasteiger partial charge on any atom is 0.246 e. The molecule has 1 aliphatic rings. The minimum absolute atomic E-state index is 0.206. The molecule has 0 radical (unpaired) electrons. The van der Waals surface area contributed by atoms with Crippen LogP contribution in [0.25, 0.3) is 0 Å². The summed E-state index contributed by atoms with van der Waals surface area (Å²) in [5.41, 5.74) is 1.23. The Balaban J connectivity index is 2.31. The number of halogens is 1. The Hall–Kier alpha value is -1.21. The molecule has 7 heteroatoms. The number of amides is 2. The zero-order valence-electron chi connectivity index (χ0n) is 12.2. The SMILES string of the molecule is CCc1nn(C)c(CN2CC(=O)NC(=O)C2(C)C)c1Br. The Morgan fingerprint density at radius 2 is 2.05 bits per heavy atom. The number of carbonyl (C=O) groups excluding carboxylic acids is 2. The van der Waals surface area contributed by atoms with Crippen LogP contribution in [0, 0.1) is 0 Å². The van der Waals surface area contributed by atoms with Crippen molar-refractivity contribution in [2.24, 2.45) is 7.05 Å². The van der Waals surface area contributed by atoms with Crippen LogP contribution < -0.4 is 5.32 Å². The molecule has 0 saturated carbocycles. The average Bonchev–Trinajstić information content (AvgIpc) is 2.63. The van der Waals surface area contributed by atoms with Crippen molar-refractivity contribution in [3.63, 3.8) is 0 Å². The molecule has 1 aromatic rings. The number of hydrogen-bond acceptors (Lipinski definition) is 4. The minimum Gasteiger partial charge on any atom is -0.294 e. The van der Waals surface area contributed by atoms with Gasteiger partial charge in [-0.05, 0) is 36.2 Å². The molecule has 20 heavy (non-hydrogen) atoms. The molecule has 1 aliphatic heterocycles. The van der Waals surface area contributed by atoms with Gasteiger partial charge in [-0.15, -0.1) is 0 Å². The van der Waals surface area contributed by atoms with Crippen LogP contribution in [0.4, 0.5) is 0 Å². The molecular formula is C13H19BrN4O2. The molecule has 0 spiro atoms. The Bertz CT molecular complexity index is 565. The van der Waals surface area contributed by atoms with E-state index in [0.29, 0.717) is 6.54 Å². The van der Waals surface area contributed by atoms with Crippen LogP contribution in [0.3, 0.4) is 0 Å². The maximum absolute atomic E-state index is 12.0. The van der Waals surface area contributed by atoms with E-state index >= 15 is 0 Å². The molecule has 1 N–H and O–H groups in total. The molecule has 0 aromatic carbocycles. The standard InChI is InChI=1S/C13H19BrN4O2/c1-5-8-11(14)9(17(4)16-8)6-18-7-10(19)15-12(20)13(18,2)3/h5-7H2,1-4H3,(H,15,19,20).